The summed E-state index contributed by atoms with van der Waals surface area (Å²) in [5.74, 6) is 0.302. The van der Waals surface area contributed by atoms with Crippen LogP contribution >= 0.6 is 0 Å². The van der Waals surface area contributed by atoms with Crippen LogP contribution in [0.4, 0.5) is 4.39 Å². The van der Waals surface area contributed by atoms with Crippen LogP contribution in [-0.2, 0) is 11.2 Å². The van der Waals surface area contributed by atoms with Crippen LogP contribution < -0.4 is 5.56 Å². The molecular weight excluding hydrogens is 369 g/mol. The number of halogens is 1. The van der Waals surface area contributed by atoms with Crippen LogP contribution in [0.25, 0.3) is 0 Å². The highest BCUT2D eigenvalue weighted by atomic mass is 19.1. The second-order valence-electron chi connectivity index (χ2n) is 8.61. The van der Waals surface area contributed by atoms with Gasteiger partial charge in [-0.2, -0.15) is 0 Å². The van der Waals surface area contributed by atoms with Crippen molar-refractivity contribution in [3.63, 3.8) is 0 Å². The average Bonchev–Trinajstić information content (AvgIpc) is 2.69. The molecule has 1 aromatic carbocycles. The van der Waals surface area contributed by atoms with Gasteiger partial charge in [0.25, 0.3) is 5.56 Å². The van der Waals surface area contributed by atoms with Crippen molar-refractivity contribution in [2.24, 2.45) is 5.92 Å². The first-order valence-corrected chi connectivity index (χ1v) is 10.3. The highest BCUT2D eigenvalue weighted by Crippen LogP contribution is 2.41. The Hall–Kier alpha value is -2.47. The Morgan fingerprint density at radius 2 is 1.97 bits per heavy atom. The van der Waals surface area contributed by atoms with Crippen molar-refractivity contribution in [2.75, 3.05) is 33.7 Å². The summed E-state index contributed by atoms with van der Waals surface area (Å²) in [6, 6.07) is 12.0. The Morgan fingerprint density at radius 1 is 1.17 bits per heavy atom. The third-order valence-electron chi connectivity index (χ3n) is 6.22. The van der Waals surface area contributed by atoms with E-state index in [1.165, 1.54) is 12.1 Å². The van der Waals surface area contributed by atoms with Crippen molar-refractivity contribution < 1.29 is 9.18 Å². The van der Waals surface area contributed by atoms with E-state index in [9.17, 15) is 14.0 Å². The van der Waals surface area contributed by atoms with E-state index in [4.69, 9.17) is 0 Å². The Balaban J connectivity index is 1.53. The maximum absolute atomic E-state index is 13.4. The molecule has 1 saturated heterocycles. The highest BCUT2D eigenvalue weighted by molar-refractivity contribution is 5.76. The van der Waals surface area contributed by atoms with E-state index in [0.717, 1.165) is 24.2 Å². The molecule has 0 spiro atoms. The zero-order valence-electron chi connectivity index (χ0n) is 17.1. The summed E-state index contributed by atoms with van der Waals surface area (Å²) < 4.78 is 15.4. The van der Waals surface area contributed by atoms with Crippen molar-refractivity contribution in [3.8, 4) is 0 Å². The Bertz CT molecular complexity index is 955. The molecular formula is C23H28FN3O2. The Morgan fingerprint density at radius 3 is 2.72 bits per heavy atom. The molecule has 1 amide bonds. The number of pyridine rings is 1. The van der Waals surface area contributed by atoms with E-state index >= 15 is 0 Å². The summed E-state index contributed by atoms with van der Waals surface area (Å²) in [5, 5.41) is 0. The van der Waals surface area contributed by atoms with Crippen molar-refractivity contribution >= 4 is 5.91 Å². The smallest absolute Gasteiger partial charge is 0.251 e. The van der Waals surface area contributed by atoms with Gasteiger partial charge in [-0.05, 0) is 56.6 Å². The fourth-order valence-electron chi connectivity index (χ4n) is 4.96. The number of aryl methyl sites for hydroxylation is 1. The number of fused-ring (bicyclic) bond motifs is 4. The van der Waals surface area contributed by atoms with Crippen molar-refractivity contribution in [3.05, 3.63) is 69.9 Å². The predicted molar refractivity (Wildman–Crippen MR) is 110 cm³/mol. The molecule has 4 rings (SSSR count). The third kappa shape index (κ3) is 4.13. The number of amides is 1. The Labute approximate surface area is 170 Å². The van der Waals surface area contributed by atoms with Gasteiger partial charge in [-0.3, -0.25) is 9.59 Å². The van der Waals surface area contributed by atoms with E-state index < -0.39 is 0 Å². The maximum Gasteiger partial charge on any atom is 0.251 e. The zero-order chi connectivity index (χ0) is 20.5. The Kier molecular flexibility index (Phi) is 5.54. The van der Waals surface area contributed by atoms with Gasteiger partial charge in [-0.1, -0.05) is 18.2 Å². The largest absolute Gasteiger partial charge is 0.342 e. The van der Waals surface area contributed by atoms with Gasteiger partial charge in [-0.25, -0.2) is 4.39 Å². The SMILES string of the molecule is CN(C)C[C@H]1[C@H]2C[C@H](CN(C(=O)CCc3cccc(F)c3)C2)c2cccc(=O)n21. The standard InChI is InChI=1S/C23H28FN3O2/c1-25(2)15-21-18-12-17(20-7-4-8-23(29)27(20)21)13-26(14-18)22(28)10-9-16-5-3-6-19(24)11-16/h3-8,11,17-18,21H,9-10,12-15H2,1-2H3/t17-,18+,21+/m1/s1. The molecule has 154 valence electrons. The lowest BCUT2D eigenvalue weighted by atomic mass is 9.78. The number of carbonyl (C=O) groups is 1. The number of hydrogen-bond donors (Lipinski definition) is 0. The van der Waals surface area contributed by atoms with Crippen LogP contribution in [0, 0.1) is 11.7 Å². The molecule has 3 heterocycles. The first-order valence-electron chi connectivity index (χ1n) is 10.3. The number of rotatable bonds is 5. The summed E-state index contributed by atoms with van der Waals surface area (Å²) in [7, 11) is 4.04. The topological polar surface area (TPSA) is 45.6 Å². The third-order valence-corrected chi connectivity index (χ3v) is 6.22. The molecule has 2 aliphatic rings. The van der Waals surface area contributed by atoms with Gasteiger partial charge in [-0.15, -0.1) is 0 Å². The second kappa shape index (κ2) is 8.11. The van der Waals surface area contributed by atoms with Gasteiger partial charge in [0.15, 0.2) is 0 Å². The quantitative estimate of drug-likeness (QED) is 0.779. The number of aromatic nitrogens is 1. The van der Waals surface area contributed by atoms with Crippen LogP contribution in [0.5, 0.6) is 0 Å². The lowest BCUT2D eigenvalue weighted by Crippen LogP contribution is -2.52. The molecule has 1 aromatic heterocycles. The average molecular weight is 397 g/mol. The summed E-state index contributed by atoms with van der Waals surface area (Å²) >= 11 is 0. The van der Waals surface area contributed by atoms with Crippen LogP contribution in [0.1, 0.15) is 36.1 Å². The van der Waals surface area contributed by atoms with Gasteiger partial charge in [0.2, 0.25) is 5.91 Å². The fraction of sp³-hybridized carbons (Fsp3) is 0.478. The number of benzene rings is 1. The van der Waals surface area contributed by atoms with Gasteiger partial charge in [0.05, 0.1) is 6.04 Å². The molecule has 3 atom stereocenters. The second-order valence-corrected chi connectivity index (χ2v) is 8.61. The maximum atomic E-state index is 13.4. The predicted octanol–water partition coefficient (Wildman–Crippen LogP) is 2.67. The molecule has 0 saturated carbocycles. The van der Waals surface area contributed by atoms with Crippen LogP contribution in [0.3, 0.4) is 0 Å². The minimum Gasteiger partial charge on any atom is -0.342 e. The lowest BCUT2D eigenvalue weighted by molar-refractivity contribution is -0.134. The number of hydrogen-bond acceptors (Lipinski definition) is 3. The number of piperidine rings is 1. The molecule has 2 aliphatic heterocycles. The van der Waals surface area contributed by atoms with Crippen molar-refractivity contribution in [1.29, 1.82) is 0 Å². The fourth-order valence-corrected chi connectivity index (χ4v) is 4.96. The summed E-state index contributed by atoms with van der Waals surface area (Å²) in [5.41, 5.74) is 1.94. The number of nitrogens with zero attached hydrogens (tertiary/aromatic N) is 3. The summed E-state index contributed by atoms with van der Waals surface area (Å²) in [6.45, 7) is 2.11. The molecule has 0 radical (unpaired) electrons. The minimum absolute atomic E-state index is 0.0509. The van der Waals surface area contributed by atoms with Crippen LogP contribution in [0.15, 0.2) is 47.3 Å². The van der Waals surface area contributed by atoms with Gasteiger partial charge >= 0.3 is 0 Å². The van der Waals surface area contributed by atoms with Crippen LogP contribution in [-0.4, -0.2) is 54.0 Å². The van der Waals surface area contributed by atoms with E-state index in [1.54, 1.807) is 12.1 Å². The molecule has 6 heteroatoms. The van der Waals surface area contributed by atoms with E-state index in [-0.39, 0.29) is 35.2 Å². The van der Waals surface area contributed by atoms with E-state index in [2.05, 4.69) is 4.90 Å². The van der Waals surface area contributed by atoms with Gasteiger partial charge in [0.1, 0.15) is 5.82 Å². The molecule has 0 N–H and O–H groups in total. The lowest BCUT2D eigenvalue weighted by Gasteiger charge is -2.47. The number of likely N-dealkylation sites (N-methyl/N-ethyl adjacent to an activating group) is 1. The first-order chi connectivity index (χ1) is 13.9. The van der Waals surface area contributed by atoms with E-state index in [0.29, 0.717) is 25.9 Å². The highest BCUT2D eigenvalue weighted by Gasteiger charge is 2.41. The summed E-state index contributed by atoms with van der Waals surface area (Å²) in [6.07, 6.45) is 1.93. The molecule has 5 nitrogen and oxygen atoms in total. The molecule has 29 heavy (non-hydrogen) atoms. The molecule has 2 aromatic rings. The molecule has 1 fully saturated rings. The van der Waals surface area contributed by atoms with Gasteiger partial charge < -0.3 is 14.4 Å². The normalized spacial score (nSPS) is 23.2. The first kappa shape index (κ1) is 19.8. The molecule has 2 bridgehead atoms. The van der Waals surface area contributed by atoms with Gasteiger partial charge in [0, 0.05) is 43.7 Å². The van der Waals surface area contributed by atoms with E-state index in [1.807, 2.05) is 41.8 Å². The summed E-state index contributed by atoms with van der Waals surface area (Å²) in [4.78, 5) is 29.6. The van der Waals surface area contributed by atoms with Crippen molar-refractivity contribution in [2.45, 2.75) is 31.2 Å². The zero-order valence-corrected chi connectivity index (χ0v) is 17.1. The monoisotopic (exact) mass is 397 g/mol. The number of carbonyl (C=O) groups excluding carboxylic acids is 1. The molecule has 0 unspecified atom stereocenters. The number of likely N-dealkylation sites (tertiary alicyclic amines) is 1. The van der Waals surface area contributed by atoms with Crippen molar-refractivity contribution in [1.82, 2.24) is 14.4 Å². The van der Waals surface area contributed by atoms with Crippen LogP contribution in [0.2, 0.25) is 0 Å². The molecule has 0 aliphatic carbocycles. The minimum atomic E-state index is -0.268.